The summed E-state index contributed by atoms with van der Waals surface area (Å²) in [7, 11) is 0. The summed E-state index contributed by atoms with van der Waals surface area (Å²) in [5.74, 6) is 0. The number of anilines is 1. The van der Waals surface area contributed by atoms with Crippen LogP contribution in [0.25, 0.3) is 10.9 Å². The number of likely N-dealkylation sites (tertiary alicyclic amines) is 1. The topological polar surface area (TPSA) is 48.4 Å². The number of piperidine rings is 1. The van der Waals surface area contributed by atoms with Crippen LogP contribution >= 0.6 is 11.6 Å². The minimum Gasteiger partial charge on any atom is -0.391 e. The van der Waals surface area contributed by atoms with Gasteiger partial charge in [0.1, 0.15) is 0 Å². The van der Waals surface area contributed by atoms with Gasteiger partial charge in [-0.25, -0.2) is 0 Å². The number of nitrogens with zero attached hydrogens (tertiary/aromatic N) is 2. The predicted molar refractivity (Wildman–Crippen MR) is 103 cm³/mol. The summed E-state index contributed by atoms with van der Waals surface area (Å²) in [6, 6.07) is 8.77. The lowest BCUT2D eigenvalue weighted by atomic mass is 9.89. The molecule has 1 aliphatic carbocycles. The Morgan fingerprint density at radius 1 is 1.08 bits per heavy atom. The number of aliphatic hydroxyl groups excluding tert-OH is 1. The van der Waals surface area contributed by atoms with Gasteiger partial charge in [-0.1, -0.05) is 24.4 Å². The number of benzene rings is 1. The molecule has 4 rings (SSSR count). The molecule has 134 valence electrons. The van der Waals surface area contributed by atoms with Gasteiger partial charge in [-0.05, 0) is 49.9 Å². The fourth-order valence-electron chi connectivity index (χ4n) is 4.36. The normalized spacial score (nSPS) is 26.0. The highest BCUT2D eigenvalue weighted by Gasteiger charge is 2.31. The summed E-state index contributed by atoms with van der Waals surface area (Å²) in [6.07, 6.45) is 8.48. The Morgan fingerprint density at radius 2 is 1.88 bits per heavy atom. The molecule has 1 aliphatic heterocycles. The van der Waals surface area contributed by atoms with E-state index in [4.69, 9.17) is 11.6 Å². The molecule has 1 saturated heterocycles. The van der Waals surface area contributed by atoms with Gasteiger partial charge in [0.25, 0.3) is 0 Å². The van der Waals surface area contributed by atoms with Crippen molar-refractivity contribution in [2.75, 3.05) is 18.4 Å². The van der Waals surface area contributed by atoms with Gasteiger partial charge in [0.2, 0.25) is 0 Å². The van der Waals surface area contributed by atoms with Gasteiger partial charge in [0.15, 0.2) is 0 Å². The maximum Gasteiger partial charge on any atom is 0.0737 e. The Morgan fingerprint density at radius 3 is 2.68 bits per heavy atom. The zero-order valence-corrected chi connectivity index (χ0v) is 15.3. The first-order valence-electron chi connectivity index (χ1n) is 9.43. The molecular formula is C20H26ClN3O. The predicted octanol–water partition coefficient (Wildman–Crippen LogP) is 4.07. The summed E-state index contributed by atoms with van der Waals surface area (Å²) < 4.78 is 0. The highest BCUT2D eigenvalue weighted by Crippen LogP contribution is 2.29. The Labute approximate surface area is 154 Å². The Hall–Kier alpha value is -1.36. The summed E-state index contributed by atoms with van der Waals surface area (Å²) in [6.45, 7) is 2.13. The molecule has 2 unspecified atom stereocenters. The van der Waals surface area contributed by atoms with Crippen LogP contribution in [0, 0.1) is 0 Å². The molecule has 0 spiro atoms. The number of rotatable bonds is 3. The van der Waals surface area contributed by atoms with E-state index < -0.39 is 0 Å². The molecule has 1 saturated carbocycles. The third-order valence-electron chi connectivity index (χ3n) is 5.76. The van der Waals surface area contributed by atoms with Gasteiger partial charge in [-0.3, -0.25) is 9.88 Å². The number of fused-ring (bicyclic) bond motifs is 1. The lowest BCUT2D eigenvalue weighted by Crippen LogP contribution is -2.50. The molecule has 0 amide bonds. The maximum atomic E-state index is 10.3. The van der Waals surface area contributed by atoms with E-state index in [1.165, 1.54) is 12.8 Å². The summed E-state index contributed by atoms with van der Waals surface area (Å²) in [5, 5.41) is 15.8. The average Bonchev–Trinajstić information content (AvgIpc) is 2.63. The molecule has 2 aromatic rings. The van der Waals surface area contributed by atoms with Crippen LogP contribution < -0.4 is 5.32 Å². The van der Waals surface area contributed by atoms with Crippen molar-refractivity contribution in [1.29, 1.82) is 0 Å². The second-order valence-corrected chi connectivity index (χ2v) is 7.83. The van der Waals surface area contributed by atoms with Crippen LogP contribution in [0.15, 0.2) is 30.5 Å². The van der Waals surface area contributed by atoms with Crippen LogP contribution in [-0.4, -0.2) is 46.3 Å². The Kier molecular flexibility index (Phi) is 5.11. The molecule has 2 aliphatic rings. The van der Waals surface area contributed by atoms with Crippen molar-refractivity contribution in [2.24, 2.45) is 0 Å². The van der Waals surface area contributed by atoms with Crippen LogP contribution in [0.1, 0.15) is 38.5 Å². The Bertz CT molecular complexity index is 730. The van der Waals surface area contributed by atoms with Gasteiger partial charge in [-0.15, -0.1) is 0 Å². The molecule has 5 heteroatoms. The SMILES string of the molecule is OC1CCCCC1N1CCC(Nc2ccnc3cc(Cl)ccc23)CC1. The highest BCUT2D eigenvalue weighted by molar-refractivity contribution is 6.31. The first-order valence-corrected chi connectivity index (χ1v) is 9.81. The maximum absolute atomic E-state index is 10.3. The van der Waals surface area contributed by atoms with E-state index >= 15 is 0 Å². The van der Waals surface area contributed by atoms with Crippen molar-refractivity contribution in [3.8, 4) is 0 Å². The van der Waals surface area contributed by atoms with Crippen molar-refractivity contribution >= 4 is 28.2 Å². The second kappa shape index (κ2) is 7.48. The van der Waals surface area contributed by atoms with Crippen molar-refractivity contribution in [1.82, 2.24) is 9.88 Å². The fourth-order valence-corrected chi connectivity index (χ4v) is 4.53. The van der Waals surface area contributed by atoms with Crippen LogP contribution in [0.3, 0.4) is 0 Å². The molecule has 1 aromatic heterocycles. The van der Waals surface area contributed by atoms with E-state index in [0.717, 1.165) is 60.4 Å². The van der Waals surface area contributed by atoms with Crippen molar-refractivity contribution in [2.45, 2.75) is 56.7 Å². The highest BCUT2D eigenvalue weighted by atomic mass is 35.5. The fraction of sp³-hybridized carbons (Fsp3) is 0.550. The number of aromatic nitrogens is 1. The number of hydrogen-bond acceptors (Lipinski definition) is 4. The van der Waals surface area contributed by atoms with Crippen molar-refractivity contribution in [3.63, 3.8) is 0 Å². The number of pyridine rings is 1. The van der Waals surface area contributed by atoms with E-state index in [-0.39, 0.29) is 6.10 Å². The quantitative estimate of drug-likeness (QED) is 0.867. The molecule has 0 bridgehead atoms. The van der Waals surface area contributed by atoms with E-state index in [2.05, 4.69) is 15.2 Å². The minimum absolute atomic E-state index is 0.132. The van der Waals surface area contributed by atoms with Gasteiger partial charge >= 0.3 is 0 Å². The molecule has 25 heavy (non-hydrogen) atoms. The first kappa shape index (κ1) is 17.1. The zero-order chi connectivity index (χ0) is 17.2. The molecule has 2 fully saturated rings. The molecule has 2 heterocycles. The minimum atomic E-state index is -0.132. The lowest BCUT2D eigenvalue weighted by molar-refractivity contribution is 0.00994. The Balaban J connectivity index is 1.40. The summed E-state index contributed by atoms with van der Waals surface area (Å²) in [5.41, 5.74) is 2.07. The lowest BCUT2D eigenvalue weighted by Gasteiger charge is -2.41. The van der Waals surface area contributed by atoms with Gasteiger partial charge in [0.05, 0.1) is 11.6 Å². The molecule has 2 atom stereocenters. The largest absolute Gasteiger partial charge is 0.391 e. The van der Waals surface area contributed by atoms with E-state index in [1.54, 1.807) is 0 Å². The number of hydrogen-bond donors (Lipinski definition) is 2. The van der Waals surface area contributed by atoms with Gasteiger partial charge in [-0.2, -0.15) is 0 Å². The zero-order valence-electron chi connectivity index (χ0n) is 14.5. The van der Waals surface area contributed by atoms with Crippen molar-refractivity contribution < 1.29 is 5.11 Å². The van der Waals surface area contributed by atoms with Crippen LogP contribution in [0.2, 0.25) is 5.02 Å². The standard InChI is InChI=1S/C20H26ClN3O/c21-14-5-6-16-17(7-10-22-18(16)13-14)23-15-8-11-24(12-9-15)19-3-1-2-4-20(19)25/h5-7,10,13,15,19-20,25H,1-4,8-9,11-12H2,(H,22,23). The number of aliphatic hydroxyl groups is 1. The van der Waals surface area contributed by atoms with Gasteiger partial charge < -0.3 is 10.4 Å². The van der Waals surface area contributed by atoms with Crippen molar-refractivity contribution in [3.05, 3.63) is 35.5 Å². The molecule has 2 N–H and O–H groups in total. The van der Waals surface area contributed by atoms with E-state index in [1.807, 2.05) is 30.5 Å². The summed E-state index contributed by atoms with van der Waals surface area (Å²) >= 11 is 6.08. The van der Waals surface area contributed by atoms with Crippen LogP contribution in [-0.2, 0) is 0 Å². The van der Waals surface area contributed by atoms with Crippen LogP contribution in [0.4, 0.5) is 5.69 Å². The molecule has 4 nitrogen and oxygen atoms in total. The third-order valence-corrected chi connectivity index (χ3v) is 5.99. The monoisotopic (exact) mass is 359 g/mol. The average molecular weight is 360 g/mol. The molecular weight excluding hydrogens is 334 g/mol. The molecule has 1 aromatic carbocycles. The smallest absolute Gasteiger partial charge is 0.0737 e. The third kappa shape index (κ3) is 3.76. The van der Waals surface area contributed by atoms with Crippen LogP contribution in [0.5, 0.6) is 0 Å². The van der Waals surface area contributed by atoms with E-state index in [0.29, 0.717) is 12.1 Å². The van der Waals surface area contributed by atoms with E-state index in [9.17, 15) is 5.11 Å². The number of halogens is 1. The van der Waals surface area contributed by atoms with Gasteiger partial charge in [0, 0.05) is 47.5 Å². The number of nitrogens with one attached hydrogen (secondary N) is 1. The first-order chi connectivity index (χ1) is 12.2. The molecule has 0 radical (unpaired) electrons. The second-order valence-electron chi connectivity index (χ2n) is 7.39. The summed E-state index contributed by atoms with van der Waals surface area (Å²) in [4.78, 5) is 6.92.